The molecule has 2 aliphatic rings. The molecule has 5 nitrogen and oxygen atoms in total. The number of carbonyl (C=O) groups excluding carboxylic acids is 1. The molecule has 0 aliphatic heterocycles. The van der Waals surface area contributed by atoms with Crippen molar-refractivity contribution < 1.29 is 4.79 Å². The van der Waals surface area contributed by atoms with Crippen molar-refractivity contribution in [2.75, 3.05) is 0 Å². The van der Waals surface area contributed by atoms with Crippen molar-refractivity contribution in [3.05, 3.63) is 54.1 Å². The summed E-state index contributed by atoms with van der Waals surface area (Å²) in [6.45, 7) is 2.05. The van der Waals surface area contributed by atoms with Gasteiger partial charge in [0, 0.05) is 12.4 Å². The number of urea groups is 1. The van der Waals surface area contributed by atoms with Crippen LogP contribution in [0.1, 0.15) is 68.2 Å². The normalized spacial score (nSPS) is 24.0. The second kappa shape index (κ2) is 6.90. The van der Waals surface area contributed by atoms with E-state index < -0.39 is 0 Å². The van der Waals surface area contributed by atoms with Crippen LogP contribution < -0.4 is 10.6 Å². The van der Waals surface area contributed by atoms with E-state index in [0.717, 1.165) is 25.2 Å². The lowest BCUT2D eigenvalue weighted by molar-refractivity contribution is 0.230. The van der Waals surface area contributed by atoms with Gasteiger partial charge in [0.15, 0.2) is 0 Å². The maximum absolute atomic E-state index is 12.5. The van der Waals surface area contributed by atoms with Gasteiger partial charge in [-0.25, -0.2) is 9.78 Å². The maximum Gasteiger partial charge on any atom is 0.315 e. The molecule has 1 unspecified atom stereocenters. The SMILES string of the molecule is CC(NC(=O)N[C@@H]1CCC[C@@H]1n1ccnc1)c1cccc(C2CC2)c1. The van der Waals surface area contributed by atoms with Crippen LogP contribution in [-0.2, 0) is 0 Å². The van der Waals surface area contributed by atoms with Gasteiger partial charge in [-0.3, -0.25) is 0 Å². The molecular weight excluding hydrogens is 312 g/mol. The fraction of sp³-hybridized carbons (Fsp3) is 0.500. The van der Waals surface area contributed by atoms with Crippen molar-refractivity contribution in [2.24, 2.45) is 0 Å². The fourth-order valence-electron chi connectivity index (χ4n) is 3.92. The number of nitrogens with zero attached hydrogens (tertiary/aromatic N) is 2. The molecule has 0 radical (unpaired) electrons. The van der Waals surface area contributed by atoms with E-state index in [1.807, 2.05) is 19.4 Å². The molecule has 0 spiro atoms. The quantitative estimate of drug-likeness (QED) is 0.868. The minimum atomic E-state index is -0.0821. The molecule has 3 atom stereocenters. The van der Waals surface area contributed by atoms with E-state index in [0.29, 0.717) is 6.04 Å². The molecule has 1 heterocycles. The minimum absolute atomic E-state index is 0.00629. The first-order valence-electron chi connectivity index (χ1n) is 9.35. The molecular formula is C20H26N4O. The van der Waals surface area contributed by atoms with Gasteiger partial charge >= 0.3 is 6.03 Å². The number of rotatable bonds is 5. The van der Waals surface area contributed by atoms with Gasteiger partial charge < -0.3 is 15.2 Å². The highest BCUT2D eigenvalue weighted by molar-refractivity contribution is 5.74. The van der Waals surface area contributed by atoms with Crippen molar-refractivity contribution in [1.82, 2.24) is 20.2 Å². The number of nitrogens with one attached hydrogen (secondary N) is 2. The van der Waals surface area contributed by atoms with Gasteiger partial charge in [0.05, 0.1) is 24.5 Å². The fourth-order valence-corrected chi connectivity index (χ4v) is 3.92. The van der Waals surface area contributed by atoms with Crippen LogP contribution in [0.25, 0.3) is 0 Å². The van der Waals surface area contributed by atoms with E-state index in [9.17, 15) is 4.79 Å². The Morgan fingerprint density at radius 3 is 2.92 bits per heavy atom. The lowest BCUT2D eigenvalue weighted by Crippen LogP contribution is -2.44. The van der Waals surface area contributed by atoms with Crippen molar-refractivity contribution >= 4 is 6.03 Å². The molecule has 2 aliphatic carbocycles. The Morgan fingerprint density at radius 1 is 1.28 bits per heavy atom. The van der Waals surface area contributed by atoms with Crippen LogP contribution in [0.3, 0.4) is 0 Å². The van der Waals surface area contributed by atoms with Gasteiger partial charge in [0.2, 0.25) is 0 Å². The van der Waals surface area contributed by atoms with E-state index in [-0.39, 0.29) is 18.1 Å². The molecule has 5 heteroatoms. The lowest BCUT2D eigenvalue weighted by atomic mass is 10.0. The molecule has 1 aromatic carbocycles. The molecule has 1 aromatic heterocycles. The summed E-state index contributed by atoms with van der Waals surface area (Å²) in [5.74, 6) is 0.732. The third kappa shape index (κ3) is 3.70. The summed E-state index contributed by atoms with van der Waals surface area (Å²) in [5.41, 5.74) is 2.58. The largest absolute Gasteiger partial charge is 0.333 e. The van der Waals surface area contributed by atoms with Crippen LogP contribution in [0.15, 0.2) is 43.0 Å². The second-order valence-electron chi connectivity index (χ2n) is 7.40. The predicted octanol–water partition coefficient (Wildman–Crippen LogP) is 3.91. The van der Waals surface area contributed by atoms with Crippen molar-refractivity contribution in [1.29, 1.82) is 0 Å². The molecule has 2 aromatic rings. The van der Waals surface area contributed by atoms with Gasteiger partial charge in [-0.2, -0.15) is 0 Å². The first-order chi connectivity index (χ1) is 12.2. The Kier molecular flexibility index (Phi) is 4.47. The van der Waals surface area contributed by atoms with Gasteiger partial charge in [-0.1, -0.05) is 24.3 Å². The van der Waals surface area contributed by atoms with E-state index in [1.165, 1.54) is 24.0 Å². The zero-order valence-electron chi connectivity index (χ0n) is 14.7. The topological polar surface area (TPSA) is 59.0 Å². The minimum Gasteiger partial charge on any atom is -0.333 e. The van der Waals surface area contributed by atoms with Crippen LogP contribution in [0.5, 0.6) is 0 Å². The highest BCUT2D eigenvalue weighted by Gasteiger charge is 2.30. The zero-order chi connectivity index (χ0) is 17.2. The summed E-state index contributed by atoms with van der Waals surface area (Å²) < 4.78 is 2.11. The molecule has 2 saturated carbocycles. The van der Waals surface area contributed by atoms with Crippen LogP contribution in [-0.4, -0.2) is 21.6 Å². The number of carbonyl (C=O) groups is 1. The van der Waals surface area contributed by atoms with E-state index >= 15 is 0 Å². The average molecular weight is 338 g/mol. The smallest absolute Gasteiger partial charge is 0.315 e. The van der Waals surface area contributed by atoms with Crippen molar-refractivity contribution in [3.63, 3.8) is 0 Å². The third-order valence-corrected chi connectivity index (χ3v) is 5.51. The van der Waals surface area contributed by atoms with Crippen LogP contribution >= 0.6 is 0 Å². The van der Waals surface area contributed by atoms with Gasteiger partial charge in [0.25, 0.3) is 0 Å². The number of benzene rings is 1. The van der Waals surface area contributed by atoms with Gasteiger partial charge in [-0.05, 0) is 56.1 Å². The number of aromatic nitrogens is 2. The Bertz CT molecular complexity index is 723. The highest BCUT2D eigenvalue weighted by atomic mass is 16.2. The average Bonchev–Trinajstić information content (AvgIpc) is 3.13. The van der Waals surface area contributed by atoms with Crippen LogP contribution in [0, 0.1) is 0 Å². The summed E-state index contributed by atoms with van der Waals surface area (Å²) in [7, 11) is 0. The first-order valence-corrected chi connectivity index (χ1v) is 9.35. The van der Waals surface area contributed by atoms with Crippen LogP contribution in [0.2, 0.25) is 0 Å². The number of imidazole rings is 1. The Morgan fingerprint density at radius 2 is 2.16 bits per heavy atom. The first kappa shape index (κ1) is 16.2. The van der Waals surface area contributed by atoms with E-state index in [2.05, 4.69) is 44.5 Å². The zero-order valence-corrected chi connectivity index (χ0v) is 14.7. The Balaban J connectivity index is 1.36. The predicted molar refractivity (Wildman–Crippen MR) is 97.4 cm³/mol. The second-order valence-corrected chi connectivity index (χ2v) is 7.40. The molecule has 132 valence electrons. The standard InChI is InChI=1S/C20H26N4O/c1-14(16-4-2-5-17(12-16)15-8-9-15)22-20(25)23-18-6-3-7-19(18)24-11-10-21-13-24/h2,4-5,10-15,18-19H,3,6-9H2,1H3,(H2,22,23,25)/t14?,18-,19+/m1/s1. The Labute approximate surface area is 148 Å². The summed E-state index contributed by atoms with van der Waals surface area (Å²) in [6.07, 6.45) is 11.4. The molecule has 0 saturated heterocycles. The van der Waals surface area contributed by atoms with Gasteiger partial charge in [0.1, 0.15) is 0 Å². The van der Waals surface area contributed by atoms with Gasteiger partial charge in [-0.15, -0.1) is 0 Å². The van der Waals surface area contributed by atoms with E-state index in [4.69, 9.17) is 0 Å². The summed E-state index contributed by atoms with van der Waals surface area (Å²) >= 11 is 0. The number of hydrogen-bond acceptors (Lipinski definition) is 2. The number of hydrogen-bond donors (Lipinski definition) is 2. The van der Waals surface area contributed by atoms with Crippen LogP contribution in [0.4, 0.5) is 4.79 Å². The summed E-state index contributed by atoms with van der Waals surface area (Å²) in [5, 5.41) is 6.27. The molecule has 2 amide bonds. The highest BCUT2D eigenvalue weighted by Crippen LogP contribution is 2.40. The van der Waals surface area contributed by atoms with Crippen molar-refractivity contribution in [3.8, 4) is 0 Å². The Hall–Kier alpha value is -2.30. The summed E-state index contributed by atoms with van der Waals surface area (Å²) in [4.78, 5) is 16.6. The van der Waals surface area contributed by atoms with E-state index in [1.54, 1.807) is 6.20 Å². The monoisotopic (exact) mass is 338 g/mol. The summed E-state index contributed by atoms with van der Waals surface area (Å²) in [6, 6.07) is 9.04. The molecule has 4 rings (SSSR count). The molecule has 2 fully saturated rings. The maximum atomic E-state index is 12.5. The lowest BCUT2D eigenvalue weighted by Gasteiger charge is -2.24. The molecule has 2 N–H and O–H groups in total. The molecule has 25 heavy (non-hydrogen) atoms. The van der Waals surface area contributed by atoms with Crippen molar-refractivity contribution in [2.45, 2.75) is 63.1 Å². The third-order valence-electron chi connectivity index (χ3n) is 5.51. The number of amides is 2. The molecule has 0 bridgehead atoms.